The summed E-state index contributed by atoms with van der Waals surface area (Å²) in [5.41, 5.74) is 3.61. The van der Waals surface area contributed by atoms with Crippen LogP contribution >= 0.6 is 11.3 Å². The molecule has 0 aliphatic carbocycles. The minimum atomic E-state index is -3.48. The first-order chi connectivity index (χ1) is 15.8. The van der Waals surface area contributed by atoms with E-state index in [1.165, 1.54) is 34.0 Å². The summed E-state index contributed by atoms with van der Waals surface area (Å²) in [4.78, 5) is 20.6. The molecule has 10 nitrogen and oxygen atoms in total. The van der Waals surface area contributed by atoms with Gasteiger partial charge < -0.3 is 9.64 Å². The number of hydrogen-bond donors (Lipinski definition) is 1. The van der Waals surface area contributed by atoms with Crippen molar-refractivity contribution in [2.24, 2.45) is 0 Å². The van der Waals surface area contributed by atoms with Gasteiger partial charge in [-0.3, -0.25) is 9.89 Å². The van der Waals surface area contributed by atoms with Crippen molar-refractivity contribution in [2.45, 2.75) is 6.42 Å². The van der Waals surface area contributed by atoms with Crippen molar-refractivity contribution in [2.75, 3.05) is 46.9 Å². The fraction of sp³-hybridized carbons (Fsp3) is 0.381. The Balaban J connectivity index is 1.37. The Hall–Kier alpha value is -2.80. The average molecular weight is 489 g/mol. The summed E-state index contributed by atoms with van der Waals surface area (Å²) in [7, 11) is -0.459. The van der Waals surface area contributed by atoms with Gasteiger partial charge in [0.15, 0.2) is 5.01 Å². The first-order valence-electron chi connectivity index (χ1n) is 10.6. The third kappa shape index (κ3) is 4.03. The van der Waals surface area contributed by atoms with E-state index in [4.69, 9.17) is 9.72 Å². The molecule has 174 valence electrons. The van der Waals surface area contributed by atoms with Crippen LogP contribution in [0.2, 0.25) is 0 Å². The van der Waals surface area contributed by atoms with Crippen LogP contribution in [-0.4, -0.2) is 89.9 Å². The molecule has 0 spiro atoms. The molecular formula is C21H24N6O4S2. The summed E-state index contributed by atoms with van der Waals surface area (Å²) >= 11 is 1.39. The average Bonchev–Trinajstić information content (AvgIpc) is 3.46. The molecule has 1 aromatic carbocycles. The van der Waals surface area contributed by atoms with Crippen molar-refractivity contribution < 1.29 is 17.9 Å². The number of fused-ring (bicyclic) bond motifs is 3. The van der Waals surface area contributed by atoms with E-state index in [1.54, 1.807) is 11.1 Å². The number of aromatic amines is 1. The summed E-state index contributed by atoms with van der Waals surface area (Å²) < 4.78 is 33.2. The number of thiazole rings is 1. The van der Waals surface area contributed by atoms with Gasteiger partial charge in [0.25, 0.3) is 16.1 Å². The van der Waals surface area contributed by atoms with Gasteiger partial charge in [-0.05, 0) is 17.7 Å². The van der Waals surface area contributed by atoms with Crippen molar-refractivity contribution in [1.29, 1.82) is 0 Å². The van der Waals surface area contributed by atoms with Gasteiger partial charge in [0.2, 0.25) is 0 Å². The van der Waals surface area contributed by atoms with Gasteiger partial charge in [0.1, 0.15) is 5.75 Å². The SMILES string of the molecule is CN(C)S(=O)(=O)N1CCN(C(=O)c2nc3c(s2)CCOc2cc(-c4cn[nH]c4)ccc2-3)CC1. The standard InChI is InChI=1S/C21H24N6O4S2/c1-25(2)33(29,30)27-8-6-26(7-9-27)21(28)20-24-19-16-4-3-14(15-12-22-23-13-15)11-17(16)31-10-5-18(19)32-20/h3-4,11-13H,5-10H2,1-2H3,(H,22,23). The maximum atomic E-state index is 13.2. The molecule has 0 saturated carbocycles. The molecule has 33 heavy (non-hydrogen) atoms. The van der Waals surface area contributed by atoms with E-state index in [1.807, 2.05) is 24.4 Å². The predicted molar refractivity (Wildman–Crippen MR) is 124 cm³/mol. The molecule has 3 aromatic rings. The van der Waals surface area contributed by atoms with Crippen LogP contribution in [0.25, 0.3) is 22.4 Å². The summed E-state index contributed by atoms with van der Waals surface area (Å²) in [5.74, 6) is 0.576. The highest BCUT2D eigenvalue weighted by Gasteiger charge is 2.32. The largest absolute Gasteiger partial charge is 0.492 e. The zero-order chi connectivity index (χ0) is 23.2. The lowest BCUT2D eigenvalue weighted by molar-refractivity contribution is 0.0695. The Bertz CT molecular complexity index is 1280. The maximum absolute atomic E-state index is 13.2. The smallest absolute Gasteiger partial charge is 0.282 e. The lowest BCUT2D eigenvalue weighted by atomic mass is 10.0. The number of carbonyl (C=O) groups excluding carboxylic acids is 1. The van der Waals surface area contributed by atoms with Crippen LogP contribution in [0.3, 0.4) is 0 Å². The number of nitrogens with one attached hydrogen (secondary N) is 1. The second kappa shape index (κ2) is 8.52. The van der Waals surface area contributed by atoms with Crippen LogP contribution in [0.5, 0.6) is 5.75 Å². The van der Waals surface area contributed by atoms with Gasteiger partial charge in [0, 0.05) is 68.9 Å². The van der Waals surface area contributed by atoms with Gasteiger partial charge in [-0.15, -0.1) is 11.3 Å². The van der Waals surface area contributed by atoms with Crippen molar-refractivity contribution in [1.82, 2.24) is 28.7 Å². The minimum absolute atomic E-state index is 0.160. The van der Waals surface area contributed by atoms with Crippen LogP contribution in [0.4, 0.5) is 0 Å². The number of H-pyrrole nitrogens is 1. The molecule has 4 heterocycles. The molecule has 12 heteroatoms. The fourth-order valence-electron chi connectivity index (χ4n) is 3.99. The predicted octanol–water partition coefficient (Wildman–Crippen LogP) is 1.70. The van der Waals surface area contributed by atoms with E-state index < -0.39 is 10.2 Å². The summed E-state index contributed by atoms with van der Waals surface area (Å²) in [6.45, 7) is 1.72. The summed E-state index contributed by atoms with van der Waals surface area (Å²) in [6, 6.07) is 5.94. The number of amides is 1. The Morgan fingerprint density at radius 3 is 2.67 bits per heavy atom. The van der Waals surface area contributed by atoms with Crippen molar-refractivity contribution in [3.63, 3.8) is 0 Å². The Morgan fingerprint density at radius 1 is 1.18 bits per heavy atom. The Morgan fingerprint density at radius 2 is 1.97 bits per heavy atom. The van der Waals surface area contributed by atoms with E-state index in [9.17, 15) is 13.2 Å². The number of ether oxygens (including phenoxy) is 1. The first kappa shape index (κ1) is 22.0. The quantitative estimate of drug-likeness (QED) is 0.598. The fourth-order valence-corrected chi connectivity index (χ4v) is 6.10. The number of benzene rings is 1. The van der Waals surface area contributed by atoms with Crippen LogP contribution in [0, 0.1) is 0 Å². The lowest BCUT2D eigenvalue weighted by Gasteiger charge is -2.34. The highest BCUT2D eigenvalue weighted by Crippen LogP contribution is 2.39. The highest BCUT2D eigenvalue weighted by molar-refractivity contribution is 7.86. The zero-order valence-corrected chi connectivity index (χ0v) is 19.9. The normalized spacial score (nSPS) is 16.8. The monoisotopic (exact) mass is 488 g/mol. The topological polar surface area (TPSA) is 112 Å². The van der Waals surface area contributed by atoms with Crippen LogP contribution in [0.1, 0.15) is 14.7 Å². The van der Waals surface area contributed by atoms with Crippen LogP contribution in [0.15, 0.2) is 30.6 Å². The molecule has 0 unspecified atom stereocenters. The highest BCUT2D eigenvalue weighted by atomic mass is 32.2. The van der Waals surface area contributed by atoms with Crippen molar-refractivity contribution in [3.05, 3.63) is 40.5 Å². The van der Waals surface area contributed by atoms with Crippen molar-refractivity contribution in [3.8, 4) is 28.1 Å². The number of hydrogen-bond acceptors (Lipinski definition) is 7. The van der Waals surface area contributed by atoms with Gasteiger partial charge in [-0.1, -0.05) is 6.07 Å². The second-order valence-corrected chi connectivity index (χ2v) is 11.3. The second-order valence-electron chi connectivity index (χ2n) is 8.07. The number of piperazine rings is 1. The summed E-state index contributed by atoms with van der Waals surface area (Å²) in [6.07, 6.45) is 4.25. The summed E-state index contributed by atoms with van der Waals surface area (Å²) in [5, 5.41) is 7.25. The van der Waals surface area contributed by atoms with Gasteiger partial charge in [0.05, 0.1) is 18.5 Å². The first-order valence-corrected chi connectivity index (χ1v) is 12.8. The lowest BCUT2D eigenvalue weighted by Crippen LogP contribution is -2.53. The third-order valence-electron chi connectivity index (χ3n) is 5.85. The van der Waals surface area contributed by atoms with E-state index >= 15 is 0 Å². The van der Waals surface area contributed by atoms with Crippen LogP contribution < -0.4 is 4.74 Å². The van der Waals surface area contributed by atoms with Gasteiger partial charge >= 0.3 is 0 Å². The molecule has 2 aliphatic rings. The molecule has 0 radical (unpaired) electrons. The van der Waals surface area contributed by atoms with E-state index in [0.717, 1.165) is 33.0 Å². The Labute approximate surface area is 196 Å². The van der Waals surface area contributed by atoms with Crippen LogP contribution in [-0.2, 0) is 16.6 Å². The molecular weight excluding hydrogens is 464 g/mol. The molecule has 2 aromatic heterocycles. The number of rotatable bonds is 4. The number of nitrogens with zero attached hydrogens (tertiary/aromatic N) is 5. The molecule has 0 bridgehead atoms. The van der Waals surface area contributed by atoms with E-state index in [0.29, 0.717) is 31.1 Å². The maximum Gasteiger partial charge on any atom is 0.282 e. The minimum Gasteiger partial charge on any atom is -0.492 e. The Kier molecular flexibility index (Phi) is 5.69. The van der Waals surface area contributed by atoms with Gasteiger partial charge in [-0.2, -0.15) is 22.1 Å². The van der Waals surface area contributed by atoms with Gasteiger partial charge in [-0.25, -0.2) is 4.98 Å². The molecule has 2 aliphatic heterocycles. The molecule has 0 atom stereocenters. The molecule has 1 N–H and O–H groups in total. The molecule has 1 fully saturated rings. The van der Waals surface area contributed by atoms with Crippen molar-refractivity contribution >= 4 is 27.5 Å². The van der Waals surface area contributed by atoms with E-state index in [-0.39, 0.29) is 19.0 Å². The van der Waals surface area contributed by atoms with E-state index in [2.05, 4.69) is 10.2 Å². The molecule has 5 rings (SSSR count). The number of carbonyl (C=O) groups is 1. The third-order valence-corrected chi connectivity index (χ3v) is 8.89. The molecule has 1 saturated heterocycles. The zero-order valence-electron chi connectivity index (χ0n) is 18.3. The number of aromatic nitrogens is 3. The molecule has 1 amide bonds.